The van der Waals surface area contributed by atoms with E-state index in [9.17, 15) is 10.2 Å². The van der Waals surface area contributed by atoms with Crippen LogP contribution in [0.2, 0.25) is 0 Å². The van der Waals surface area contributed by atoms with Crippen molar-refractivity contribution in [1.82, 2.24) is 5.32 Å². The van der Waals surface area contributed by atoms with Crippen LogP contribution in [0.15, 0.2) is 30.3 Å². The molecule has 1 aliphatic rings. The minimum Gasteiger partial charge on any atom is -0.389 e. The molecular formula is C16H25NO3. The highest BCUT2D eigenvalue weighted by atomic mass is 16.5. The number of benzene rings is 1. The van der Waals surface area contributed by atoms with Crippen LogP contribution in [0.3, 0.4) is 0 Å². The smallest absolute Gasteiger partial charge is 0.0898 e. The number of hydrogen-bond acceptors (Lipinski definition) is 4. The molecule has 1 aromatic rings. The molecule has 0 amide bonds. The molecule has 3 N–H and O–H groups in total. The standard InChI is InChI=1S/C16H25NO3/c1-13(14-6-3-2-4-7-14)20-11-15(18)10-17-12-16(19)8-5-9-16/h2-4,6-7,13,15,17-19H,5,8-12H2,1H3. The van der Waals surface area contributed by atoms with E-state index >= 15 is 0 Å². The molecule has 1 aliphatic carbocycles. The number of ether oxygens (including phenoxy) is 1. The quantitative estimate of drug-likeness (QED) is 0.677. The largest absolute Gasteiger partial charge is 0.389 e. The molecule has 4 heteroatoms. The molecule has 0 radical (unpaired) electrons. The fraction of sp³-hybridized carbons (Fsp3) is 0.625. The van der Waals surface area contributed by atoms with Gasteiger partial charge < -0.3 is 20.3 Å². The maximum atomic E-state index is 9.91. The molecule has 0 saturated heterocycles. The molecule has 112 valence electrons. The lowest BCUT2D eigenvalue weighted by Gasteiger charge is -2.37. The molecule has 4 nitrogen and oxygen atoms in total. The summed E-state index contributed by atoms with van der Waals surface area (Å²) < 4.78 is 5.66. The van der Waals surface area contributed by atoms with Crippen LogP contribution in [0.25, 0.3) is 0 Å². The van der Waals surface area contributed by atoms with E-state index in [1.165, 1.54) is 0 Å². The molecule has 0 aromatic heterocycles. The third-order valence-electron chi connectivity index (χ3n) is 3.93. The van der Waals surface area contributed by atoms with Crippen LogP contribution in [0.1, 0.15) is 37.9 Å². The number of rotatable bonds is 8. The molecule has 0 heterocycles. The van der Waals surface area contributed by atoms with Crippen LogP contribution < -0.4 is 5.32 Å². The van der Waals surface area contributed by atoms with Crippen molar-refractivity contribution in [3.05, 3.63) is 35.9 Å². The molecular weight excluding hydrogens is 254 g/mol. The average Bonchev–Trinajstić information content (AvgIpc) is 2.44. The van der Waals surface area contributed by atoms with Gasteiger partial charge >= 0.3 is 0 Å². The van der Waals surface area contributed by atoms with Crippen molar-refractivity contribution in [2.24, 2.45) is 0 Å². The second-order valence-electron chi connectivity index (χ2n) is 5.75. The van der Waals surface area contributed by atoms with Crippen LogP contribution in [-0.4, -0.2) is 41.6 Å². The lowest BCUT2D eigenvalue weighted by Crippen LogP contribution is -2.48. The van der Waals surface area contributed by atoms with Crippen LogP contribution in [0.4, 0.5) is 0 Å². The van der Waals surface area contributed by atoms with Gasteiger partial charge in [-0.25, -0.2) is 0 Å². The Morgan fingerprint density at radius 2 is 2.00 bits per heavy atom. The first-order chi connectivity index (χ1) is 9.59. The summed E-state index contributed by atoms with van der Waals surface area (Å²) in [6.07, 6.45) is 2.24. The minimum atomic E-state index is -0.551. The Balaban J connectivity index is 1.61. The third kappa shape index (κ3) is 4.56. The van der Waals surface area contributed by atoms with E-state index in [4.69, 9.17) is 4.74 Å². The summed E-state index contributed by atoms with van der Waals surface area (Å²) in [5.74, 6) is 0. The topological polar surface area (TPSA) is 61.7 Å². The first kappa shape index (κ1) is 15.4. The molecule has 1 saturated carbocycles. The predicted molar refractivity (Wildman–Crippen MR) is 78.5 cm³/mol. The van der Waals surface area contributed by atoms with Gasteiger partial charge in [0.25, 0.3) is 0 Å². The molecule has 2 unspecified atom stereocenters. The first-order valence-corrected chi connectivity index (χ1v) is 7.37. The summed E-state index contributed by atoms with van der Waals surface area (Å²) in [6, 6.07) is 9.96. The maximum Gasteiger partial charge on any atom is 0.0898 e. The number of aliphatic hydroxyl groups excluding tert-OH is 1. The van der Waals surface area contributed by atoms with Crippen LogP contribution in [-0.2, 0) is 4.74 Å². The zero-order chi connectivity index (χ0) is 14.4. The fourth-order valence-electron chi connectivity index (χ4n) is 2.37. The van der Waals surface area contributed by atoms with Crippen molar-refractivity contribution in [2.75, 3.05) is 19.7 Å². The molecule has 1 fully saturated rings. The van der Waals surface area contributed by atoms with E-state index in [0.717, 1.165) is 24.8 Å². The Bertz CT molecular complexity index is 392. The lowest BCUT2D eigenvalue weighted by atomic mass is 9.80. The zero-order valence-corrected chi connectivity index (χ0v) is 12.1. The molecule has 0 aliphatic heterocycles. The Hall–Kier alpha value is -0.940. The highest BCUT2D eigenvalue weighted by Crippen LogP contribution is 2.30. The van der Waals surface area contributed by atoms with Gasteiger partial charge in [0, 0.05) is 13.1 Å². The summed E-state index contributed by atoms with van der Waals surface area (Å²) in [7, 11) is 0. The highest BCUT2D eigenvalue weighted by molar-refractivity contribution is 5.16. The van der Waals surface area contributed by atoms with E-state index in [1.54, 1.807) is 0 Å². The van der Waals surface area contributed by atoms with Gasteiger partial charge in [0.1, 0.15) is 0 Å². The molecule has 1 aromatic carbocycles. The molecule has 0 bridgehead atoms. The number of hydrogen-bond donors (Lipinski definition) is 3. The van der Waals surface area contributed by atoms with E-state index < -0.39 is 11.7 Å². The van der Waals surface area contributed by atoms with Crippen molar-refractivity contribution in [1.29, 1.82) is 0 Å². The minimum absolute atomic E-state index is 0.0262. The van der Waals surface area contributed by atoms with Gasteiger partial charge in [0.15, 0.2) is 0 Å². The van der Waals surface area contributed by atoms with E-state index in [0.29, 0.717) is 19.7 Å². The normalized spacial score (nSPS) is 20.1. The van der Waals surface area contributed by atoms with Gasteiger partial charge in [-0.1, -0.05) is 30.3 Å². The van der Waals surface area contributed by atoms with Crippen molar-refractivity contribution in [2.45, 2.75) is 44.0 Å². The summed E-state index contributed by atoms with van der Waals surface area (Å²) in [4.78, 5) is 0. The Morgan fingerprint density at radius 1 is 1.30 bits per heavy atom. The van der Waals surface area contributed by atoms with E-state index in [1.807, 2.05) is 37.3 Å². The Labute approximate surface area is 120 Å². The van der Waals surface area contributed by atoms with Gasteiger partial charge in [-0.05, 0) is 31.7 Å². The Morgan fingerprint density at radius 3 is 2.60 bits per heavy atom. The van der Waals surface area contributed by atoms with Crippen molar-refractivity contribution >= 4 is 0 Å². The summed E-state index contributed by atoms with van der Waals surface area (Å²) in [5.41, 5.74) is 0.564. The molecule has 2 rings (SSSR count). The highest BCUT2D eigenvalue weighted by Gasteiger charge is 2.33. The number of aliphatic hydroxyl groups is 2. The SMILES string of the molecule is CC(OCC(O)CNCC1(O)CCC1)c1ccccc1. The van der Waals surface area contributed by atoms with E-state index in [2.05, 4.69) is 5.32 Å². The lowest BCUT2D eigenvalue weighted by molar-refractivity contribution is -0.0374. The van der Waals surface area contributed by atoms with Crippen molar-refractivity contribution in [3.8, 4) is 0 Å². The van der Waals surface area contributed by atoms with Gasteiger partial charge in [-0.15, -0.1) is 0 Å². The monoisotopic (exact) mass is 279 g/mol. The fourth-order valence-corrected chi connectivity index (χ4v) is 2.37. The van der Waals surface area contributed by atoms with Crippen molar-refractivity contribution in [3.63, 3.8) is 0 Å². The Kier molecular flexibility index (Phi) is 5.54. The van der Waals surface area contributed by atoms with Crippen LogP contribution in [0.5, 0.6) is 0 Å². The number of nitrogens with one attached hydrogen (secondary N) is 1. The molecule has 0 spiro atoms. The zero-order valence-electron chi connectivity index (χ0n) is 12.1. The second kappa shape index (κ2) is 7.18. The summed E-state index contributed by atoms with van der Waals surface area (Å²) in [5, 5.41) is 22.9. The van der Waals surface area contributed by atoms with Gasteiger partial charge in [-0.2, -0.15) is 0 Å². The summed E-state index contributed by atoms with van der Waals surface area (Å²) in [6.45, 7) is 3.27. The third-order valence-corrected chi connectivity index (χ3v) is 3.93. The second-order valence-corrected chi connectivity index (χ2v) is 5.75. The maximum absolute atomic E-state index is 9.91. The molecule has 2 atom stereocenters. The van der Waals surface area contributed by atoms with Gasteiger partial charge in [0.2, 0.25) is 0 Å². The summed E-state index contributed by atoms with van der Waals surface area (Å²) >= 11 is 0. The van der Waals surface area contributed by atoms with Crippen molar-refractivity contribution < 1.29 is 14.9 Å². The van der Waals surface area contributed by atoms with Gasteiger partial charge in [-0.3, -0.25) is 0 Å². The predicted octanol–water partition coefficient (Wildman–Crippen LogP) is 1.63. The van der Waals surface area contributed by atoms with Crippen LogP contribution >= 0.6 is 0 Å². The average molecular weight is 279 g/mol. The van der Waals surface area contributed by atoms with E-state index in [-0.39, 0.29) is 6.10 Å². The van der Waals surface area contributed by atoms with Crippen LogP contribution in [0, 0.1) is 0 Å². The van der Waals surface area contributed by atoms with Gasteiger partial charge in [0.05, 0.1) is 24.4 Å². The molecule has 20 heavy (non-hydrogen) atoms. The first-order valence-electron chi connectivity index (χ1n) is 7.37.